The predicted molar refractivity (Wildman–Crippen MR) is 152 cm³/mol. The molecule has 0 unspecified atom stereocenters. The lowest BCUT2D eigenvalue weighted by atomic mass is 10.0. The van der Waals surface area contributed by atoms with Gasteiger partial charge in [0.2, 0.25) is 0 Å². The maximum atomic E-state index is 14.5. The van der Waals surface area contributed by atoms with E-state index in [4.69, 9.17) is 14.6 Å². The molecule has 2 aliphatic heterocycles. The van der Waals surface area contributed by atoms with Crippen LogP contribution in [0.4, 0.5) is 4.39 Å². The van der Waals surface area contributed by atoms with E-state index < -0.39 is 9.73 Å². The highest BCUT2D eigenvalue weighted by Gasteiger charge is 2.29. The van der Waals surface area contributed by atoms with Crippen LogP contribution >= 0.6 is 0 Å². The average Bonchev–Trinajstić information content (AvgIpc) is 3.50. The molecule has 210 valence electrons. The van der Waals surface area contributed by atoms with Gasteiger partial charge in [-0.2, -0.15) is 5.10 Å². The first kappa shape index (κ1) is 26.5. The fraction of sp³-hybridized carbons (Fsp3) is 0.379. The molecule has 11 heteroatoms. The Morgan fingerprint density at radius 1 is 1.05 bits per heavy atom. The van der Waals surface area contributed by atoms with E-state index in [1.165, 1.54) is 0 Å². The third kappa shape index (κ3) is 4.77. The summed E-state index contributed by atoms with van der Waals surface area (Å²) in [5, 5.41) is 8.37. The zero-order chi connectivity index (χ0) is 28.2. The van der Waals surface area contributed by atoms with Crippen LogP contribution in [-0.2, 0) is 16.1 Å². The zero-order valence-corrected chi connectivity index (χ0v) is 23.6. The van der Waals surface area contributed by atoms with Crippen molar-refractivity contribution in [3.05, 3.63) is 87.5 Å². The minimum atomic E-state index is -2.46. The van der Waals surface area contributed by atoms with Crippen molar-refractivity contribution < 1.29 is 13.3 Å². The molecule has 0 bridgehead atoms. The molecule has 6 rings (SSSR count). The first-order valence-corrected chi connectivity index (χ1v) is 15.4. The normalized spacial score (nSPS) is 22.7. The first-order valence-electron chi connectivity index (χ1n) is 13.6. The van der Waals surface area contributed by atoms with Crippen molar-refractivity contribution in [2.75, 3.05) is 18.1 Å². The molecule has 4 heterocycles. The molecule has 0 aliphatic carbocycles. The number of fused-ring (bicyclic) bond motifs is 1. The van der Waals surface area contributed by atoms with E-state index in [1.807, 2.05) is 24.3 Å². The number of hydrogen-bond acceptors (Lipinski definition) is 6. The van der Waals surface area contributed by atoms with Gasteiger partial charge in [-0.25, -0.2) is 18.1 Å². The summed E-state index contributed by atoms with van der Waals surface area (Å²) >= 11 is 0. The van der Waals surface area contributed by atoms with Gasteiger partial charge < -0.3 is 10.1 Å². The number of halogens is 1. The maximum Gasteiger partial charge on any atom is 0.338 e. The summed E-state index contributed by atoms with van der Waals surface area (Å²) in [4.78, 5) is 13.8. The van der Waals surface area contributed by atoms with Crippen molar-refractivity contribution >= 4 is 9.73 Å². The number of benzene rings is 2. The Bertz CT molecular complexity index is 1720. The summed E-state index contributed by atoms with van der Waals surface area (Å²) in [5.74, 6) is 1.81. The van der Waals surface area contributed by atoms with Crippen LogP contribution in [0.25, 0.3) is 17.2 Å². The molecule has 1 fully saturated rings. The van der Waals surface area contributed by atoms with Gasteiger partial charge in [-0.05, 0) is 81.1 Å². The van der Waals surface area contributed by atoms with Gasteiger partial charge in [-0.3, -0.25) is 13.9 Å². The summed E-state index contributed by atoms with van der Waals surface area (Å²) < 4.78 is 45.1. The Hall–Kier alpha value is -3.70. The van der Waals surface area contributed by atoms with E-state index in [-0.39, 0.29) is 23.7 Å². The van der Waals surface area contributed by atoms with Crippen molar-refractivity contribution in [2.24, 2.45) is 0 Å². The number of rotatable bonds is 5. The molecule has 0 radical (unpaired) electrons. The minimum absolute atomic E-state index is 0.00923. The standard InChI is InChI=1S/C29H33FN6O3S/c1-18-16-22(17-19(2)27(18)30)36-28(26-20(3)32-11-8-25(26)33-36)35-13-12-34(29(35)37)21-4-6-23(7-5-21)39-24-9-14-40(31,38)15-10-24/h4-7,12-13,16-17,20,24,31-32H,8-11,14-15H2,1-3H3/t20-,24?,40?/m0/s1. The van der Waals surface area contributed by atoms with Crippen molar-refractivity contribution in [1.29, 1.82) is 4.78 Å². The average molecular weight is 565 g/mol. The second-order valence-electron chi connectivity index (χ2n) is 10.8. The summed E-state index contributed by atoms with van der Waals surface area (Å²) in [6.07, 6.45) is 5.35. The highest BCUT2D eigenvalue weighted by Crippen LogP contribution is 2.31. The van der Waals surface area contributed by atoms with Crippen LogP contribution in [0.5, 0.6) is 5.75 Å². The lowest BCUT2D eigenvalue weighted by Gasteiger charge is -2.24. The van der Waals surface area contributed by atoms with Gasteiger partial charge in [0.05, 0.1) is 17.1 Å². The minimum Gasteiger partial charge on any atom is -0.490 e. The van der Waals surface area contributed by atoms with Crippen LogP contribution in [0.2, 0.25) is 0 Å². The predicted octanol–water partition coefficient (Wildman–Crippen LogP) is 4.36. The quantitative estimate of drug-likeness (QED) is 0.375. The van der Waals surface area contributed by atoms with Gasteiger partial charge in [0, 0.05) is 58.2 Å². The van der Waals surface area contributed by atoms with Crippen molar-refractivity contribution in [3.8, 4) is 22.9 Å². The summed E-state index contributed by atoms with van der Waals surface area (Å²) in [7, 11) is -2.46. The topological polar surface area (TPSA) is 107 Å². The largest absolute Gasteiger partial charge is 0.490 e. The molecule has 2 N–H and O–H groups in total. The van der Waals surface area contributed by atoms with Gasteiger partial charge >= 0.3 is 5.69 Å². The SMILES string of the molecule is Cc1cc(-n2nc3c(c2-n2ccn(-c4ccc(OC5CCS(=N)(=O)CC5)cc4)c2=O)[C@H](C)NCC3)cc(C)c1F. The summed E-state index contributed by atoms with van der Waals surface area (Å²) in [6, 6.07) is 10.8. The van der Waals surface area contributed by atoms with E-state index in [9.17, 15) is 13.4 Å². The third-order valence-corrected chi connectivity index (χ3v) is 9.64. The monoisotopic (exact) mass is 564 g/mol. The van der Waals surface area contributed by atoms with E-state index in [0.29, 0.717) is 58.4 Å². The molecular formula is C29H33FN6O3S. The number of ether oxygens (including phenoxy) is 1. The summed E-state index contributed by atoms with van der Waals surface area (Å²) in [6.45, 7) is 6.32. The Morgan fingerprint density at radius 2 is 1.70 bits per heavy atom. The van der Waals surface area contributed by atoms with Crippen LogP contribution in [0.3, 0.4) is 0 Å². The number of nitrogens with one attached hydrogen (secondary N) is 2. The Labute approximate surface area is 232 Å². The smallest absolute Gasteiger partial charge is 0.338 e. The Balaban J connectivity index is 1.36. The van der Waals surface area contributed by atoms with E-state index >= 15 is 0 Å². The highest BCUT2D eigenvalue weighted by atomic mass is 32.2. The van der Waals surface area contributed by atoms with Gasteiger partial charge in [0.15, 0.2) is 0 Å². The van der Waals surface area contributed by atoms with Gasteiger partial charge in [0.25, 0.3) is 0 Å². The maximum absolute atomic E-state index is 14.5. The van der Waals surface area contributed by atoms with Crippen LogP contribution in [-0.4, -0.2) is 47.3 Å². The molecule has 0 spiro atoms. The van der Waals surface area contributed by atoms with Crippen molar-refractivity contribution in [2.45, 2.75) is 52.2 Å². The van der Waals surface area contributed by atoms with Gasteiger partial charge in [-0.1, -0.05) is 0 Å². The second kappa shape index (κ2) is 10.0. The van der Waals surface area contributed by atoms with Gasteiger partial charge in [-0.15, -0.1) is 0 Å². The fourth-order valence-corrected chi connectivity index (χ4v) is 7.17. The Kier molecular flexibility index (Phi) is 6.66. The molecule has 0 saturated carbocycles. The Morgan fingerprint density at radius 3 is 2.38 bits per heavy atom. The van der Waals surface area contributed by atoms with Crippen molar-refractivity contribution in [1.82, 2.24) is 24.2 Å². The molecule has 2 aromatic heterocycles. The van der Waals surface area contributed by atoms with E-state index in [1.54, 1.807) is 52.2 Å². The number of imidazole rings is 1. The molecule has 9 nitrogen and oxygen atoms in total. The number of aryl methyl sites for hydroxylation is 2. The van der Waals surface area contributed by atoms with Gasteiger partial charge in [0.1, 0.15) is 23.5 Å². The van der Waals surface area contributed by atoms with Crippen molar-refractivity contribution in [3.63, 3.8) is 0 Å². The molecular weight excluding hydrogens is 531 g/mol. The number of nitrogens with zero attached hydrogens (tertiary/aromatic N) is 4. The molecule has 2 aromatic carbocycles. The highest BCUT2D eigenvalue weighted by molar-refractivity contribution is 7.92. The van der Waals surface area contributed by atoms with Crippen LogP contribution in [0.15, 0.2) is 53.6 Å². The van der Waals surface area contributed by atoms with Crippen LogP contribution in [0, 0.1) is 24.4 Å². The first-order chi connectivity index (χ1) is 19.1. The van der Waals surface area contributed by atoms with E-state index in [2.05, 4.69) is 12.2 Å². The van der Waals surface area contributed by atoms with Crippen LogP contribution < -0.4 is 15.7 Å². The molecule has 40 heavy (non-hydrogen) atoms. The molecule has 4 aromatic rings. The second-order valence-corrected chi connectivity index (χ2v) is 13.2. The number of aromatic nitrogens is 4. The molecule has 1 atom stereocenters. The molecule has 2 aliphatic rings. The summed E-state index contributed by atoms with van der Waals surface area (Å²) in [5.41, 5.74) is 4.07. The molecule has 1 saturated heterocycles. The zero-order valence-electron chi connectivity index (χ0n) is 22.8. The van der Waals surface area contributed by atoms with E-state index in [0.717, 1.165) is 24.2 Å². The van der Waals surface area contributed by atoms with Crippen LogP contribution in [0.1, 0.15) is 48.2 Å². The number of hydrogen-bond donors (Lipinski definition) is 2. The third-order valence-electron chi connectivity index (χ3n) is 7.85. The fourth-order valence-electron chi connectivity index (χ4n) is 5.68. The lowest BCUT2D eigenvalue weighted by Crippen LogP contribution is -2.30. The molecule has 0 amide bonds. The lowest BCUT2D eigenvalue weighted by molar-refractivity contribution is 0.190.